The highest BCUT2D eigenvalue weighted by atomic mass is 32.2. The van der Waals surface area contributed by atoms with Crippen molar-refractivity contribution in [3.8, 4) is 11.3 Å². The minimum atomic E-state index is -0.207. The van der Waals surface area contributed by atoms with E-state index in [0.29, 0.717) is 6.61 Å². The molecule has 1 aliphatic heterocycles. The van der Waals surface area contributed by atoms with Crippen LogP contribution in [0.4, 0.5) is 0 Å². The highest BCUT2D eigenvalue weighted by molar-refractivity contribution is 7.99. The van der Waals surface area contributed by atoms with Crippen LogP contribution >= 0.6 is 11.8 Å². The van der Waals surface area contributed by atoms with Gasteiger partial charge in [-0.3, -0.25) is 9.36 Å². The third kappa shape index (κ3) is 3.86. The molecular formula is C27H36N2O2S. The van der Waals surface area contributed by atoms with Crippen molar-refractivity contribution in [2.45, 2.75) is 101 Å². The summed E-state index contributed by atoms with van der Waals surface area (Å²) < 4.78 is 8.10. The number of unbranched alkanes of at least 4 members (excludes halogenated alkanes) is 1. The fourth-order valence-corrected chi connectivity index (χ4v) is 7.32. The third-order valence-corrected chi connectivity index (χ3v) is 8.78. The molecule has 0 N–H and O–H groups in total. The third-order valence-electron chi connectivity index (χ3n) is 7.74. The van der Waals surface area contributed by atoms with Gasteiger partial charge in [-0.2, -0.15) is 0 Å². The van der Waals surface area contributed by atoms with Gasteiger partial charge in [0.15, 0.2) is 5.16 Å². The van der Waals surface area contributed by atoms with Crippen LogP contribution in [0, 0.1) is 0 Å². The van der Waals surface area contributed by atoms with Crippen molar-refractivity contribution in [1.82, 2.24) is 9.55 Å². The van der Waals surface area contributed by atoms with E-state index >= 15 is 0 Å². The van der Waals surface area contributed by atoms with Gasteiger partial charge in [-0.15, -0.1) is 0 Å². The predicted molar refractivity (Wildman–Crippen MR) is 132 cm³/mol. The number of rotatable bonds is 5. The molecule has 1 unspecified atom stereocenters. The SMILES string of the molecule is CCCCSc1nc2c(c(=O)n1C1CCOC(C)(C)C1)C1(CCCC1)Cc1ccccc1-2. The molecule has 1 saturated carbocycles. The Labute approximate surface area is 196 Å². The Bertz CT molecular complexity index is 1050. The molecule has 0 amide bonds. The van der Waals surface area contributed by atoms with Crippen molar-refractivity contribution in [2.75, 3.05) is 12.4 Å². The molecule has 4 nitrogen and oxygen atoms in total. The number of nitrogens with zero attached hydrogens (tertiary/aromatic N) is 2. The molecule has 2 aliphatic carbocycles. The quantitative estimate of drug-likeness (QED) is 0.303. The molecule has 2 heterocycles. The van der Waals surface area contributed by atoms with E-state index in [0.717, 1.165) is 67.1 Å². The van der Waals surface area contributed by atoms with Crippen LogP contribution < -0.4 is 5.56 Å². The summed E-state index contributed by atoms with van der Waals surface area (Å²) in [7, 11) is 0. The van der Waals surface area contributed by atoms with Crippen molar-refractivity contribution in [2.24, 2.45) is 0 Å². The van der Waals surface area contributed by atoms with Crippen LogP contribution in [0.2, 0.25) is 0 Å². The summed E-state index contributed by atoms with van der Waals surface area (Å²) in [5.74, 6) is 1.00. The molecule has 5 rings (SSSR count). The van der Waals surface area contributed by atoms with Crippen LogP contribution in [-0.2, 0) is 16.6 Å². The van der Waals surface area contributed by atoms with Crippen molar-refractivity contribution in [3.05, 3.63) is 45.7 Å². The van der Waals surface area contributed by atoms with E-state index in [2.05, 4.69) is 49.6 Å². The minimum absolute atomic E-state index is 0.0389. The Morgan fingerprint density at radius 1 is 1.22 bits per heavy atom. The Morgan fingerprint density at radius 3 is 2.75 bits per heavy atom. The smallest absolute Gasteiger partial charge is 0.258 e. The second-order valence-corrected chi connectivity index (χ2v) is 11.6. The molecule has 32 heavy (non-hydrogen) atoms. The number of fused-ring (bicyclic) bond motifs is 4. The molecular weight excluding hydrogens is 416 g/mol. The first-order valence-electron chi connectivity index (χ1n) is 12.5. The largest absolute Gasteiger partial charge is 0.375 e. The zero-order valence-electron chi connectivity index (χ0n) is 19.8. The van der Waals surface area contributed by atoms with Crippen LogP contribution in [-0.4, -0.2) is 27.5 Å². The maximum Gasteiger partial charge on any atom is 0.258 e. The van der Waals surface area contributed by atoms with Gasteiger partial charge in [0, 0.05) is 29.4 Å². The average Bonchev–Trinajstić information content (AvgIpc) is 3.21. The lowest BCUT2D eigenvalue weighted by atomic mass is 9.68. The first-order chi connectivity index (χ1) is 15.4. The summed E-state index contributed by atoms with van der Waals surface area (Å²) in [5.41, 5.74) is 4.51. The molecule has 1 aromatic carbocycles. The summed E-state index contributed by atoms with van der Waals surface area (Å²) in [6.07, 6.45) is 9.63. The molecule has 172 valence electrons. The topological polar surface area (TPSA) is 44.1 Å². The van der Waals surface area contributed by atoms with Gasteiger partial charge in [0.1, 0.15) is 0 Å². The normalized spacial score (nSPS) is 23.2. The monoisotopic (exact) mass is 452 g/mol. The molecule has 0 radical (unpaired) electrons. The molecule has 1 saturated heterocycles. The highest BCUT2D eigenvalue weighted by Gasteiger charge is 2.45. The highest BCUT2D eigenvalue weighted by Crippen LogP contribution is 2.50. The number of aromatic nitrogens is 2. The fraction of sp³-hybridized carbons (Fsp3) is 0.630. The Balaban J connectivity index is 1.71. The second kappa shape index (κ2) is 8.64. The molecule has 0 bridgehead atoms. The summed E-state index contributed by atoms with van der Waals surface area (Å²) in [6, 6.07) is 8.80. The Morgan fingerprint density at radius 2 is 2.00 bits per heavy atom. The lowest BCUT2D eigenvalue weighted by Gasteiger charge is -2.40. The summed E-state index contributed by atoms with van der Waals surface area (Å²) >= 11 is 1.77. The first kappa shape index (κ1) is 22.2. The van der Waals surface area contributed by atoms with Gasteiger partial charge in [0.25, 0.3) is 5.56 Å². The van der Waals surface area contributed by atoms with Gasteiger partial charge in [0.2, 0.25) is 0 Å². The van der Waals surface area contributed by atoms with Crippen LogP contribution in [0.5, 0.6) is 0 Å². The van der Waals surface area contributed by atoms with Gasteiger partial charge in [-0.25, -0.2) is 4.98 Å². The number of hydrogen-bond acceptors (Lipinski definition) is 4. The van der Waals surface area contributed by atoms with Gasteiger partial charge >= 0.3 is 0 Å². The van der Waals surface area contributed by atoms with E-state index in [-0.39, 0.29) is 22.6 Å². The average molecular weight is 453 g/mol. The lowest BCUT2D eigenvalue weighted by Crippen LogP contribution is -2.44. The lowest BCUT2D eigenvalue weighted by molar-refractivity contribution is -0.0710. The van der Waals surface area contributed by atoms with E-state index < -0.39 is 0 Å². The van der Waals surface area contributed by atoms with Gasteiger partial charge < -0.3 is 4.74 Å². The molecule has 2 fully saturated rings. The molecule has 5 heteroatoms. The fourth-order valence-electron chi connectivity index (χ4n) is 6.18. The van der Waals surface area contributed by atoms with Gasteiger partial charge in [-0.1, -0.05) is 62.2 Å². The molecule has 1 spiro atoms. The second-order valence-electron chi connectivity index (χ2n) is 10.6. The summed E-state index contributed by atoms with van der Waals surface area (Å²) in [5, 5.41) is 0.912. The number of thioether (sulfide) groups is 1. The van der Waals surface area contributed by atoms with Gasteiger partial charge in [-0.05, 0) is 57.9 Å². The molecule has 1 atom stereocenters. The van der Waals surface area contributed by atoms with E-state index in [1.807, 2.05) is 0 Å². The summed E-state index contributed by atoms with van der Waals surface area (Å²) in [6.45, 7) is 7.21. The number of ether oxygens (including phenoxy) is 1. The van der Waals surface area contributed by atoms with Crippen molar-refractivity contribution in [1.29, 1.82) is 0 Å². The zero-order chi connectivity index (χ0) is 22.3. The first-order valence-corrected chi connectivity index (χ1v) is 13.4. The Kier molecular flexibility index (Phi) is 6.00. The van der Waals surface area contributed by atoms with Crippen LogP contribution in [0.3, 0.4) is 0 Å². The van der Waals surface area contributed by atoms with Crippen LogP contribution in [0.1, 0.15) is 89.3 Å². The molecule has 2 aromatic rings. The van der Waals surface area contributed by atoms with Crippen LogP contribution in [0.15, 0.2) is 34.2 Å². The Hall–Kier alpha value is -1.59. The predicted octanol–water partition coefficient (Wildman–Crippen LogP) is 6.30. The molecule has 1 aromatic heterocycles. The van der Waals surface area contributed by atoms with Crippen molar-refractivity contribution in [3.63, 3.8) is 0 Å². The summed E-state index contributed by atoms with van der Waals surface area (Å²) in [4.78, 5) is 19.7. The molecule has 3 aliphatic rings. The van der Waals surface area contributed by atoms with Gasteiger partial charge in [0.05, 0.1) is 16.9 Å². The van der Waals surface area contributed by atoms with Crippen molar-refractivity contribution < 1.29 is 4.74 Å². The standard InChI is InChI=1S/C27H36N2O2S/c1-4-5-16-32-25-28-23-21-11-7-6-10-19(21)17-27(13-8-9-14-27)22(23)24(30)29(25)20-12-15-31-26(2,3)18-20/h6-7,10-11,20H,4-5,8-9,12-18H2,1-3H3. The van der Waals surface area contributed by atoms with E-state index in [1.165, 1.54) is 24.0 Å². The van der Waals surface area contributed by atoms with Crippen molar-refractivity contribution >= 4 is 11.8 Å². The van der Waals surface area contributed by atoms with E-state index in [4.69, 9.17) is 9.72 Å². The van der Waals surface area contributed by atoms with E-state index in [1.54, 1.807) is 11.8 Å². The number of benzene rings is 1. The minimum Gasteiger partial charge on any atom is -0.375 e. The number of hydrogen-bond donors (Lipinski definition) is 0. The van der Waals surface area contributed by atoms with Crippen LogP contribution in [0.25, 0.3) is 11.3 Å². The van der Waals surface area contributed by atoms with E-state index in [9.17, 15) is 4.79 Å². The maximum absolute atomic E-state index is 14.4. The maximum atomic E-state index is 14.4. The zero-order valence-corrected chi connectivity index (χ0v) is 20.6.